The lowest BCUT2D eigenvalue weighted by atomic mass is 9.96. The zero-order valence-electron chi connectivity index (χ0n) is 17.1. The largest absolute Gasteiger partial charge is 0.502 e. The Hall–Kier alpha value is -3.07. The molecule has 1 saturated heterocycles. The number of hydrogen-bond acceptors (Lipinski definition) is 5. The van der Waals surface area contributed by atoms with Crippen LogP contribution in [0.25, 0.3) is 0 Å². The van der Waals surface area contributed by atoms with Gasteiger partial charge in [-0.1, -0.05) is 30.7 Å². The van der Waals surface area contributed by atoms with Gasteiger partial charge in [0.15, 0.2) is 11.4 Å². The molecule has 8 nitrogen and oxygen atoms in total. The topological polar surface area (TPSA) is 94.9 Å². The average Bonchev–Trinajstić information content (AvgIpc) is 2.74. The Morgan fingerprint density at radius 1 is 1.35 bits per heavy atom. The minimum atomic E-state index is -0.958. The molecule has 1 fully saturated rings. The normalized spacial score (nSPS) is 20.3. The van der Waals surface area contributed by atoms with Gasteiger partial charge in [0.25, 0.3) is 11.8 Å². The third kappa shape index (κ3) is 3.52. The van der Waals surface area contributed by atoms with Crippen LogP contribution >= 0.6 is 11.6 Å². The smallest absolute Gasteiger partial charge is 0.277 e. The van der Waals surface area contributed by atoms with Gasteiger partial charge in [0, 0.05) is 31.9 Å². The first kappa shape index (κ1) is 21.2. The van der Waals surface area contributed by atoms with Crippen LogP contribution in [0.2, 0.25) is 5.02 Å². The van der Waals surface area contributed by atoms with Crippen molar-refractivity contribution in [3.05, 3.63) is 62.3 Å². The molecule has 2 N–H and O–H groups in total. The van der Waals surface area contributed by atoms with E-state index in [1.165, 1.54) is 27.9 Å². The standard InChI is InChI=1S/C21H22ClFN4O4/c1-11-6-7-26-15(8-11)25(2)21(31)17-19(29)18(28)13(10-27(17)26)20(30)24-9-12-4-3-5-14(22)16(12)23/h3-5,10-11,15,29H,6-9H2,1-2H3,(H,24,30)/t11-,15+/m1/s1. The zero-order valence-corrected chi connectivity index (χ0v) is 17.8. The van der Waals surface area contributed by atoms with Crippen molar-refractivity contribution in [2.24, 2.45) is 5.92 Å². The van der Waals surface area contributed by atoms with Gasteiger partial charge < -0.3 is 15.3 Å². The Morgan fingerprint density at radius 3 is 2.84 bits per heavy atom. The molecule has 0 aliphatic carbocycles. The maximum atomic E-state index is 14.1. The first-order chi connectivity index (χ1) is 14.7. The van der Waals surface area contributed by atoms with Crippen LogP contribution in [0.1, 0.15) is 46.2 Å². The van der Waals surface area contributed by atoms with Crippen molar-refractivity contribution in [1.82, 2.24) is 14.9 Å². The molecule has 0 spiro atoms. The lowest BCUT2D eigenvalue weighted by Gasteiger charge is -2.49. The van der Waals surface area contributed by atoms with Crippen molar-refractivity contribution in [2.45, 2.75) is 32.5 Å². The Labute approximate surface area is 182 Å². The van der Waals surface area contributed by atoms with Crippen LogP contribution in [0, 0.1) is 11.7 Å². The summed E-state index contributed by atoms with van der Waals surface area (Å²) in [4.78, 5) is 39.7. The van der Waals surface area contributed by atoms with E-state index >= 15 is 0 Å². The number of piperidine rings is 1. The molecule has 2 aliphatic rings. The number of pyridine rings is 1. The third-order valence-electron chi connectivity index (χ3n) is 5.94. The van der Waals surface area contributed by atoms with Gasteiger partial charge in [0.05, 0.1) is 5.02 Å². The van der Waals surface area contributed by atoms with E-state index in [1.807, 2.05) is 5.01 Å². The number of nitrogens with zero attached hydrogens (tertiary/aromatic N) is 3. The monoisotopic (exact) mass is 448 g/mol. The van der Waals surface area contributed by atoms with Crippen LogP contribution in [0.4, 0.5) is 4.39 Å². The van der Waals surface area contributed by atoms with Crippen molar-refractivity contribution in [1.29, 1.82) is 0 Å². The second kappa shape index (κ2) is 7.88. The lowest BCUT2D eigenvalue weighted by Crippen LogP contribution is -2.62. The maximum absolute atomic E-state index is 14.1. The highest BCUT2D eigenvalue weighted by Gasteiger charge is 2.41. The van der Waals surface area contributed by atoms with E-state index in [2.05, 4.69) is 12.2 Å². The van der Waals surface area contributed by atoms with Gasteiger partial charge in [-0.2, -0.15) is 0 Å². The first-order valence-corrected chi connectivity index (χ1v) is 10.3. The van der Waals surface area contributed by atoms with Crippen molar-refractivity contribution in [3.8, 4) is 5.75 Å². The summed E-state index contributed by atoms with van der Waals surface area (Å²) >= 11 is 5.76. The number of carbonyl (C=O) groups excluding carboxylic acids is 2. The molecule has 0 unspecified atom stereocenters. The molecule has 4 rings (SSSR count). The number of carbonyl (C=O) groups is 2. The molecule has 164 valence electrons. The Morgan fingerprint density at radius 2 is 2.10 bits per heavy atom. The highest BCUT2D eigenvalue weighted by molar-refractivity contribution is 6.30. The predicted octanol–water partition coefficient (Wildman–Crippen LogP) is 2.06. The Kier molecular flexibility index (Phi) is 5.38. The van der Waals surface area contributed by atoms with E-state index in [0.717, 1.165) is 12.8 Å². The van der Waals surface area contributed by atoms with E-state index in [9.17, 15) is 23.9 Å². The molecule has 2 atom stereocenters. The molecular weight excluding hydrogens is 427 g/mol. The molecule has 1 aromatic carbocycles. The van der Waals surface area contributed by atoms with Crippen LogP contribution in [0.3, 0.4) is 0 Å². The van der Waals surface area contributed by atoms with Crippen molar-refractivity contribution >= 4 is 23.4 Å². The highest BCUT2D eigenvalue weighted by atomic mass is 35.5. The third-order valence-corrected chi connectivity index (χ3v) is 6.23. The molecule has 3 heterocycles. The quantitative estimate of drug-likeness (QED) is 0.749. The van der Waals surface area contributed by atoms with E-state index < -0.39 is 28.8 Å². The SMILES string of the molecule is C[C@@H]1CCN2[C@@H](C1)N(C)C(=O)c1c(O)c(=O)c(C(=O)NCc3cccc(Cl)c3F)cn12. The number of aromatic nitrogens is 1. The predicted molar refractivity (Wildman–Crippen MR) is 112 cm³/mol. The molecule has 0 radical (unpaired) electrons. The average molecular weight is 449 g/mol. The summed E-state index contributed by atoms with van der Waals surface area (Å²) in [7, 11) is 1.63. The summed E-state index contributed by atoms with van der Waals surface area (Å²) in [5.74, 6) is -2.31. The van der Waals surface area contributed by atoms with E-state index in [4.69, 9.17) is 11.6 Å². The molecule has 31 heavy (non-hydrogen) atoms. The Bertz CT molecular complexity index is 1140. The summed E-state index contributed by atoms with van der Waals surface area (Å²) in [5, 5.41) is 14.8. The van der Waals surface area contributed by atoms with Gasteiger partial charge in [-0.25, -0.2) is 4.39 Å². The summed E-state index contributed by atoms with van der Waals surface area (Å²) in [5.41, 5.74) is -1.31. The lowest BCUT2D eigenvalue weighted by molar-refractivity contribution is 0.0557. The minimum absolute atomic E-state index is 0.0776. The highest BCUT2D eigenvalue weighted by Crippen LogP contribution is 2.30. The number of fused-ring (bicyclic) bond motifs is 3. The number of hydrogen-bond donors (Lipinski definition) is 2. The van der Waals surface area contributed by atoms with E-state index in [0.29, 0.717) is 12.5 Å². The molecule has 2 aliphatic heterocycles. The number of rotatable bonds is 3. The number of halogens is 2. The van der Waals surface area contributed by atoms with Crippen LogP contribution in [0.5, 0.6) is 5.75 Å². The summed E-state index contributed by atoms with van der Waals surface area (Å²) < 4.78 is 15.5. The molecule has 1 aromatic heterocycles. The van der Waals surface area contributed by atoms with Crippen LogP contribution < -0.4 is 15.8 Å². The molecule has 0 bridgehead atoms. The molecule has 10 heteroatoms. The van der Waals surface area contributed by atoms with E-state index in [-0.39, 0.29) is 34.6 Å². The van der Waals surface area contributed by atoms with Gasteiger partial charge in [-0.05, 0) is 24.8 Å². The van der Waals surface area contributed by atoms with Crippen LogP contribution in [-0.4, -0.2) is 46.3 Å². The summed E-state index contributed by atoms with van der Waals surface area (Å²) in [6, 6.07) is 4.40. The first-order valence-electron chi connectivity index (χ1n) is 9.94. The second-order valence-electron chi connectivity index (χ2n) is 8.00. The fourth-order valence-corrected chi connectivity index (χ4v) is 4.32. The fraction of sp³-hybridized carbons (Fsp3) is 0.381. The molecule has 0 saturated carbocycles. The van der Waals surface area contributed by atoms with E-state index in [1.54, 1.807) is 13.1 Å². The van der Waals surface area contributed by atoms with Gasteiger partial charge >= 0.3 is 0 Å². The van der Waals surface area contributed by atoms with Crippen molar-refractivity contribution < 1.29 is 19.1 Å². The second-order valence-corrected chi connectivity index (χ2v) is 8.41. The van der Waals surface area contributed by atoms with Crippen molar-refractivity contribution in [3.63, 3.8) is 0 Å². The molecule has 2 aromatic rings. The summed E-state index contributed by atoms with van der Waals surface area (Å²) in [6.07, 6.45) is 2.61. The van der Waals surface area contributed by atoms with Gasteiger partial charge in [0.1, 0.15) is 17.5 Å². The molecule has 2 amide bonds. The van der Waals surface area contributed by atoms with Crippen LogP contribution in [0.15, 0.2) is 29.2 Å². The fourth-order valence-electron chi connectivity index (χ4n) is 4.12. The Balaban J connectivity index is 1.69. The molecular formula is C21H22ClFN4O4. The summed E-state index contributed by atoms with van der Waals surface area (Å²) in [6.45, 7) is 2.49. The van der Waals surface area contributed by atoms with Gasteiger partial charge in [0.2, 0.25) is 5.43 Å². The van der Waals surface area contributed by atoms with Crippen molar-refractivity contribution in [2.75, 3.05) is 18.6 Å². The zero-order chi connectivity index (χ0) is 22.4. The number of aromatic hydroxyl groups is 1. The number of amides is 2. The number of benzene rings is 1. The van der Waals surface area contributed by atoms with Gasteiger partial charge in [-0.3, -0.25) is 24.1 Å². The van der Waals surface area contributed by atoms with Gasteiger partial charge in [-0.15, -0.1) is 0 Å². The van der Waals surface area contributed by atoms with Crippen LogP contribution in [-0.2, 0) is 6.54 Å². The minimum Gasteiger partial charge on any atom is -0.502 e. The number of nitrogens with one attached hydrogen (secondary N) is 1. The maximum Gasteiger partial charge on any atom is 0.277 e.